The van der Waals surface area contributed by atoms with E-state index in [1.54, 1.807) is 0 Å². The first-order valence-electron chi connectivity index (χ1n) is 6.82. The Labute approximate surface area is 112 Å². The molecule has 0 spiro atoms. The minimum Gasteiger partial charge on any atom is -0.326 e. The lowest BCUT2D eigenvalue weighted by atomic mass is 9.89. The number of anilines is 2. The van der Waals surface area contributed by atoms with Gasteiger partial charge in [-0.3, -0.25) is 9.59 Å². The highest BCUT2D eigenvalue weighted by Crippen LogP contribution is 2.39. The number of nitrogens with one attached hydrogen (secondary N) is 2. The highest BCUT2D eigenvalue weighted by atomic mass is 16.2. The maximum atomic E-state index is 11.9. The van der Waals surface area contributed by atoms with Crippen LogP contribution >= 0.6 is 0 Å². The molecule has 2 aliphatic rings. The van der Waals surface area contributed by atoms with E-state index in [9.17, 15) is 9.59 Å². The van der Waals surface area contributed by atoms with Crippen molar-refractivity contribution in [3.05, 3.63) is 23.8 Å². The van der Waals surface area contributed by atoms with Gasteiger partial charge in [-0.15, -0.1) is 0 Å². The van der Waals surface area contributed by atoms with Crippen LogP contribution in [0.3, 0.4) is 0 Å². The Morgan fingerprint density at radius 2 is 2.11 bits per heavy atom. The summed E-state index contributed by atoms with van der Waals surface area (Å²) in [6.07, 6.45) is 1.98. The molecule has 1 saturated carbocycles. The van der Waals surface area contributed by atoms with Gasteiger partial charge in [0.15, 0.2) is 0 Å². The Bertz CT molecular complexity index is 547. The molecule has 2 N–H and O–H groups in total. The van der Waals surface area contributed by atoms with Gasteiger partial charge in [-0.1, -0.05) is 13.8 Å². The summed E-state index contributed by atoms with van der Waals surface area (Å²) < 4.78 is 0. The monoisotopic (exact) mass is 258 g/mol. The molecule has 1 unspecified atom stereocenters. The highest BCUT2D eigenvalue weighted by Gasteiger charge is 2.34. The second-order valence-corrected chi connectivity index (χ2v) is 5.78. The van der Waals surface area contributed by atoms with Gasteiger partial charge in [0.25, 0.3) is 0 Å². The van der Waals surface area contributed by atoms with Crippen LogP contribution in [0.1, 0.15) is 38.2 Å². The quantitative estimate of drug-likeness (QED) is 0.875. The first-order chi connectivity index (χ1) is 9.06. The van der Waals surface area contributed by atoms with Crippen LogP contribution in [-0.2, 0) is 9.59 Å². The lowest BCUT2D eigenvalue weighted by molar-refractivity contribution is -0.118. The van der Waals surface area contributed by atoms with Gasteiger partial charge in [0.1, 0.15) is 0 Å². The normalized spacial score (nSPS) is 21.2. The maximum absolute atomic E-state index is 11.9. The lowest BCUT2D eigenvalue weighted by Gasteiger charge is -2.13. The lowest BCUT2D eigenvalue weighted by Crippen LogP contribution is -2.17. The van der Waals surface area contributed by atoms with Gasteiger partial charge in [-0.05, 0) is 42.5 Å². The van der Waals surface area contributed by atoms with Gasteiger partial charge >= 0.3 is 0 Å². The van der Waals surface area contributed by atoms with E-state index in [4.69, 9.17) is 0 Å². The van der Waals surface area contributed by atoms with Crippen molar-refractivity contribution in [2.45, 2.75) is 32.6 Å². The first-order valence-corrected chi connectivity index (χ1v) is 6.82. The molecular weight excluding hydrogens is 240 g/mol. The third-order valence-corrected chi connectivity index (χ3v) is 3.81. The van der Waals surface area contributed by atoms with Crippen molar-refractivity contribution in [1.82, 2.24) is 0 Å². The van der Waals surface area contributed by atoms with Crippen molar-refractivity contribution >= 4 is 23.2 Å². The number of carbonyl (C=O) groups is 2. The van der Waals surface area contributed by atoms with Crippen LogP contribution in [0.15, 0.2) is 18.2 Å². The number of amides is 2. The molecule has 0 aromatic heterocycles. The summed E-state index contributed by atoms with van der Waals surface area (Å²) in [4.78, 5) is 23.7. The van der Waals surface area contributed by atoms with E-state index in [0.717, 1.165) is 29.8 Å². The number of hydrogen-bond donors (Lipinski definition) is 2. The van der Waals surface area contributed by atoms with E-state index in [-0.39, 0.29) is 29.6 Å². The predicted octanol–water partition coefficient (Wildman–Crippen LogP) is 2.73. The Morgan fingerprint density at radius 3 is 2.74 bits per heavy atom. The van der Waals surface area contributed by atoms with Crippen LogP contribution in [-0.4, -0.2) is 11.8 Å². The molecule has 4 nitrogen and oxygen atoms in total. The van der Waals surface area contributed by atoms with E-state index in [0.29, 0.717) is 0 Å². The standard InChI is InChI=1S/C15H18N2O2/c1-8(2)13-11-7-10(16-14(18)9-3-4-9)5-6-12(11)17-15(13)19/h5-9,13H,3-4H2,1-2H3,(H,16,18)(H,17,19). The summed E-state index contributed by atoms with van der Waals surface area (Å²) in [5.74, 6) is 0.464. The SMILES string of the molecule is CC(C)C1C(=O)Nc2ccc(NC(=O)C3CC3)cc21. The largest absolute Gasteiger partial charge is 0.326 e. The Balaban J connectivity index is 1.86. The fourth-order valence-electron chi connectivity index (χ4n) is 2.62. The van der Waals surface area contributed by atoms with Gasteiger partial charge in [-0.2, -0.15) is 0 Å². The molecule has 2 amide bonds. The predicted molar refractivity (Wildman–Crippen MR) is 74.0 cm³/mol. The highest BCUT2D eigenvalue weighted by molar-refractivity contribution is 6.04. The first kappa shape index (κ1) is 12.2. The summed E-state index contributed by atoms with van der Waals surface area (Å²) in [6.45, 7) is 4.07. The van der Waals surface area contributed by atoms with Crippen LogP contribution in [0.25, 0.3) is 0 Å². The Hall–Kier alpha value is -1.84. The average Bonchev–Trinajstić information content (AvgIpc) is 3.12. The molecule has 1 aromatic rings. The van der Waals surface area contributed by atoms with Gasteiger partial charge in [0.2, 0.25) is 11.8 Å². The van der Waals surface area contributed by atoms with Crippen molar-refractivity contribution in [2.75, 3.05) is 10.6 Å². The molecule has 1 aliphatic heterocycles. The van der Waals surface area contributed by atoms with Crippen LogP contribution in [0, 0.1) is 11.8 Å². The molecule has 0 radical (unpaired) electrons. The molecule has 1 atom stereocenters. The van der Waals surface area contributed by atoms with Crippen LogP contribution < -0.4 is 10.6 Å². The number of benzene rings is 1. The topological polar surface area (TPSA) is 58.2 Å². The molecule has 1 aliphatic carbocycles. The van der Waals surface area contributed by atoms with E-state index >= 15 is 0 Å². The van der Waals surface area contributed by atoms with E-state index in [1.165, 1.54) is 0 Å². The number of fused-ring (bicyclic) bond motifs is 1. The van der Waals surface area contributed by atoms with Crippen LogP contribution in [0.2, 0.25) is 0 Å². The summed E-state index contributed by atoms with van der Waals surface area (Å²) in [6, 6.07) is 5.65. The van der Waals surface area contributed by atoms with Gasteiger partial charge in [0.05, 0.1) is 5.92 Å². The van der Waals surface area contributed by atoms with Crippen molar-refractivity contribution in [3.8, 4) is 0 Å². The van der Waals surface area contributed by atoms with E-state index in [1.807, 2.05) is 32.0 Å². The Morgan fingerprint density at radius 1 is 1.37 bits per heavy atom. The zero-order valence-electron chi connectivity index (χ0n) is 11.2. The molecule has 19 heavy (non-hydrogen) atoms. The number of hydrogen-bond acceptors (Lipinski definition) is 2. The molecule has 3 rings (SSSR count). The van der Waals surface area contributed by atoms with Crippen molar-refractivity contribution in [3.63, 3.8) is 0 Å². The van der Waals surface area contributed by atoms with E-state index < -0.39 is 0 Å². The molecule has 1 heterocycles. The number of rotatable bonds is 3. The van der Waals surface area contributed by atoms with Gasteiger partial charge in [-0.25, -0.2) is 0 Å². The summed E-state index contributed by atoms with van der Waals surface area (Å²) in [7, 11) is 0. The second kappa shape index (κ2) is 4.37. The smallest absolute Gasteiger partial charge is 0.232 e. The van der Waals surface area contributed by atoms with Crippen molar-refractivity contribution in [2.24, 2.45) is 11.8 Å². The molecule has 1 fully saturated rings. The van der Waals surface area contributed by atoms with Crippen molar-refractivity contribution in [1.29, 1.82) is 0 Å². The Kier molecular flexibility index (Phi) is 2.81. The molecule has 0 bridgehead atoms. The molecule has 4 heteroatoms. The fourth-order valence-corrected chi connectivity index (χ4v) is 2.62. The second-order valence-electron chi connectivity index (χ2n) is 5.78. The number of carbonyl (C=O) groups excluding carboxylic acids is 2. The van der Waals surface area contributed by atoms with E-state index in [2.05, 4.69) is 10.6 Å². The zero-order chi connectivity index (χ0) is 13.6. The maximum Gasteiger partial charge on any atom is 0.232 e. The van der Waals surface area contributed by atoms with Gasteiger partial charge in [0, 0.05) is 17.3 Å². The summed E-state index contributed by atoms with van der Waals surface area (Å²) in [5, 5.41) is 5.82. The van der Waals surface area contributed by atoms with Crippen LogP contribution in [0.5, 0.6) is 0 Å². The van der Waals surface area contributed by atoms with Crippen LogP contribution in [0.4, 0.5) is 11.4 Å². The van der Waals surface area contributed by atoms with Crippen molar-refractivity contribution < 1.29 is 9.59 Å². The average molecular weight is 258 g/mol. The molecule has 0 saturated heterocycles. The third kappa shape index (κ3) is 2.23. The summed E-state index contributed by atoms with van der Waals surface area (Å²) >= 11 is 0. The molecular formula is C15H18N2O2. The third-order valence-electron chi connectivity index (χ3n) is 3.81. The molecule has 100 valence electrons. The van der Waals surface area contributed by atoms with Gasteiger partial charge < -0.3 is 10.6 Å². The zero-order valence-corrected chi connectivity index (χ0v) is 11.2. The minimum absolute atomic E-state index is 0.0515. The summed E-state index contributed by atoms with van der Waals surface area (Å²) in [5.41, 5.74) is 2.65. The fraction of sp³-hybridized carbons (Fsp3) is 0.467. The minimum atomic E-state index is -0.118. The molecule has 1 aromatic carbocycles.